The Hall–Kier alpha value is -1.35. The first-order valence-corrected chi connectivity index (χ1v) is 6.96. The normalized spacial score (nSPS) is 16.7. The van der Waals surface area contributed by atoms with E-state index in [2.05, 4.69) is 5.32 Å². The lowest BCUT2D eigenvalue weighted by molar-refractivity contribution is -0.117. The molecule has 2 rings (SSSR count). The van der Waals surface area contributed by atoms with Crippen LogP contribution in [0, 0.1) is 5.82 Å². The van der Waals surface area contributed by atoms with Crippen molar-refractivity contribution < 1.29 is 9.18 Å². The molecule has 1 aliphatic rings. The Morgan fingerprint density at radius 3 is 2.74 bits per heavy atom. The van der Waals surface area contributed by atoms with E-state index >= 15 is 0 Å². The molecule has 0 bridgehead atoms. The molecule has 1 amide bonds. The fourth-order valence-corrected chi connectivity index (χ4v) is 2.47. The van der Waals surface area contributed by atoms with Crippen LogP contribution in [0.3, 0.4) is 0 Å². The number of hydrogen-bond donors (Lipinski definition) is 1. The second-order valence-corrected chi connectivity index (χ2v) is 5.26. The van der Waals surface area contributed by atoms with Crippen molar-refractivity contribution in [1.82, 2.24) is 5.32 Å². The number of carbonyl (C=O) groups is 1. The van der Waals surface area contributed by atoms with E-state index in [4.69, 9.17) is 11.6 Å². The molecule has 0 aliphatic heterocycles. The van der Waals surface area contributed by atoms with Crippen LogP contribution in [0.25, 0.3) is 6.08 Å². The highest BCUT2D eigenvalue weighted by atomic mass is 35.5. The lowest BCUT2D eigenvalue weighted by Gasteiger charge is -2.21. The largest absolute Gasteiger partial charge is 0.350 e. The molecule has 0 spiro atoms. The minimum absolute atomic E-state index is 0.0647. The first kappa shape index (κ1) is 14.1. The van der Waals surface area contributed by atoms with E-state index in [0.29, 0.717) is 11.6 Å². The highest BCUT2D eigenvalue weighted by molar-refractivity contribution is 6.30. The van der Waals surface area contributed by atoms with Crippen molar-refractivity contribution in [2.45, 2.75) is 38.1 Å². The molecule has 0 heterocycles. The number of nitrogens with one attached hydrogen (secondary N) is 1. The van der Waals surface area contributed by atoms with Crippen LogP contribution in [0.5, 0.6) is 0 Å². The Morgan fingerprint density at radius 2 is 2.05 bits per heavy atom. The molecule has 102 valence electrons. The zero-order chi connectivity index (χ0) is 13.7. The number of carbonyl (C=O) groups excluding carboxylic acids is 1. The molecule has 1 fully saturated rings. The molecule has 0 unspecified atom stereocenters. The van der Waals surface area contributed by atoms with Gasteiger partial charge in [-0.1, -0.05) is 36.9 Å². The summed E-state index contributed by atoms with van der Waals surface area (Å²) < 4.78 is 13.0. The van der Waals surface area contributed by atoms with E-state index in [-0.39, 0.29) is 10.9 Å². The molecule has 4 heteroatoms. The molecule has 0 atom stereocenters. The number of benzene rings is 1. The highest BCUT2D eigenvalue weighted by Gasteiger charge is 2.14. The summed E-state index contributed by atoms with van der Waals surface area (Å²) in [5.74, 6) is -0.558. The highest BCUT2D eigenvalue weighted by Crippen LogP contribution is 2.18. The third-order valence-corrected chi connectivity index (χ3v) is 3.61. The van der Waals surface area contributed by atoms with Crippen molar-refractivity contribution in [3.8, 4) is 0 Å². The van der Waals surface area contributed by atoms with Gasteiger partial charge in [-0.3, -0.25) is 4.79 Å². The van der Waals surface area contributed by atoms with E-state index in [1.54, 1.807) is 12.1 Å². The first-order chi connectivity index (χ1) is 9.15. The summed E-state index contributed by atoms with van der Waals surface area (Å²) in [7, 11) is 0. The van der Waals surface area contributed by atoms with Crippen molar-refractivity contribution in [3.63, 3.8) is 0 Å². The molecule has 19 heavy (non-hydrogen) atoms. The Kier molecular flexibility index (Phi) is 4.97. The minimum atomic E-state index is -0.453. The zero-order valence-electron chi connectivity index (χ0n) is 10.7. The molecular formula is C15H17ClFNO. The summed E-state index contributed by atoms with van der Waals surface area (Å²) >= 11 is 5.68. The van der Waals surface area contributed by atoms with Crippen LogP contribution >= 0.6 is 11.6 Å². The van der Waals surface area contributed by atoms with Crippen LogP contribution in [-0.4, -0.2) is 11.9 Å². The molecule has 1 aromatic carbocycles. The predicted molar refractivity (Wildman–Crippen MR) is 75.5 cm³/mol. The lowest BCUT2D eigenvalue weighted by atomic mass is 9.95. The van der Waals surface area contributed by atoms with Crippen LogP contribution < -0.4 is 5.32 Å². The fraction of sp³-hybridized carbons (Fsp3) is 0.400. The molecule has 1 aliphatic carbocycles. The monoisotopic (exact) mass is 281 g/mol. The van der Waals surface area contributed by atoms with Gasteiger partial charge in [0.2, 0.25) is 5.91 Å². The second-order valence-electron chi connectivity index (χ2n) is 4.85. The van der Waals surface area contributed by atoms with Crippen LogP contribution in [0.15, 0.2) is 24.3 Å². The van der Waals surface area contributed by atoms with Crippen molar-refractivity contribution >= 4 is 23.6 Å². The topological polar surface area (TPSA) is 29.1 Å². The Labute approximate surface area is 117 Å². The van der Waals surface area contributed by atoms with E-state index < -0.39 is 5.82 Å². The van der Waals surface area contributed by atoms with Gasteiger partial charge in [0.15, 0.2) is 0 Å². The quantitative estimate of drug-likeness (QED) is 0.836. The minimum Gasteiger partial charge on any atom is -0.350 e. The fourth-order valence-electron chi connectivity index (χ4n) is 2.28. The molecule has 0 saturated heterocycles. The summed E-state index contributed by atoms with van der Waals surface area (Å²) in [5.41, 5.74) is 0.713. The third kappa shape index (κ3) is 4.35. The Morgan fingerprint density at radius 1 is 1.32 bits per heavy atom. The maximum Gasteiger partial charge on any atom is 0.244 e. The van der Waals surface area contributed by atoms with Crippen LogP contribution in [0.4, 0.5) is 4.39 Å². The average Bonchev–Trinajstić information content (AvgIpc) is 2.41. The Bertz CT molecular complexity index is 481. The maximum atomic E-state index is 13.0. The molecular weight excluding hydrogens is 265 g/mol. The standard InChI is InChI=1S/C15H17ClFNO/c16-13-10-11(6-8-14(13)17)7-9-15(19)18-12-4-2-1-3-5-12/h6-10,12H,1-5H2,(H,18,19)/b9-7+. The van der Waals surface area contributed by atoms with Crippen molar-refractivity contribution in [2.75, 3.05) is 0 Å². The van der Waals surface area contributed by atoms with Gasteiger partial charge in [0, 0.05) is 12.1 Å². The van der Waals surface area contributed by atoms with Gasteiger partial charge >= 0.3 is 0 Å². The van der Waals surface area contributed by atoms with Gasteiger partial charge in [0.25, 0.3) is 0 Å². The van der Waals surface area contributed by atoms with Crippen molar-refractivity contribution in [3.05, 3.63) is 40.7 Å². The number of hydrogen-bond acceptors (Lipinski definition) is 1. The van der Waals surface area contributed by atoms with Crippen LogP contribution in [-0.2, 0) is 4.79 Å². The summed E-state index contributed by atoms with van der Waals surface area (Å²) in [6.45, 7) is 0. The summed E-state index contributed by atoms with van der Waals surface area (Å²) in [6, 6.07) is 4.68. The van der Waals surface area contributed by atoms with E-state index in [9.17, 15) is 9.18 Å². The number of halogens is 2. The molecule has 1 aromatic rings. The number of rotatable bonds is 3. The average molecular weight is 282 g/mol. The van der Waals surface area contributed by atoms with E-state index in [1.807, 2.05) is 0 Å². The van der Waals surface area contributed by atoms with Gasteiger partial charge in [0.05, 0.1) is 5.02 Å². The lowest BCUT2D eigenvalue weighted by Crippen LogP contribution is -2.34. The molecule has 2 nitrogen and oxygen atoms in total. The Balaban J connectivity index is 1.90. The molecule has 1 N–H and O–H groups in total. The molecule has 0 radical (unpaired) electrons. The van der Waals surface area contributed by atoms with Gasteiger partial charge in [-0.05, 0) is 36.6 Å². The predicted octanol–water partition coefficient (Wildman–Crippen LogP) is 3.94. The number of amides is 1. The second kappa shape index (κ2) is 6.71. The van der Waals surface area contributed by atoms with Gasteiger partial charge in [0.1, 0.15) is 5.82 Å². The molecule has 0 aromatic heterocycles. The molecule has 1 saturated carbocycles. The van der Waals surface area contributed by atoms with E-state index in [1.165, 1.54) is 37.5 Å². The summed E-state index contributed by atoms with van der Waals surface area (Å²) in [5, 5.41) is 3.05. The first-order valence-electron chi connectivity index (χ1n) is 6.59. The van der Waals surface area contributed by atoms with Crippen LogP contribution in [0.2, 0.25) is 5.02 Å². The SMILES string of the molecule is O=C(/C=C/c1ccc(F)c(Cl)c1)NC1CCCCC1. The smallest absolute Gasteiger partial charge is 0.244 e. The zero-order valence-corrected chi connectivity index (χ0v) is 11.4. The van der Waals surface area contributed by atoms with Crippen molar-refractivity contribution in [2.24, 2.45) is 0 Å². The summed E-state index contributed by atoms with van der Waals surface area (Å²) in [6.07, 6.45) is 8.85. The van der Waals surface area contributed by atoms with Crippen LogP contribution in [0.1, 0.15) is 37.7 Å². The summed E-state index contributed by atoms with van der Waals surface area (Å²) in [4.78, 5) is 11.7. The van der Waals surface area contributed by atoms with Crippen molar-refractivity contribution in [1.29, 1.82) is 0 Å². The van der Waals surface area contributed by atoms with Gasteiger partial charge in [-0.25, -0.2) is 4.39 Å². The van der Waals surface area contributed by atoms with Gasteiger partial charge in [-0.15, -0.1) is 0 Å². The van der Waals surface area contributed by atoms with Gasteiger partial charge < -0.3 is 5.32 Å². The van der Waals surface area contributed by atoms with Gasteiger partial charge in [-0.2, -0.15) is 0 Å². The van der Waals surface area contributed by atoms with E-state index in [0.717, 1.165) is 12.8 Å². The third-order valence-electron chi connectivity index (χ3n) is 3.32. The maximum absolute atomic E-state index is 13.0.